The molecule has 0 spiro atoms. The first-order chi connectivity index (χ1) is 24.7. The molecule has 4 N–H and O–H groups in total. The number of aliphatic hydroxyl groups excluding tert-OH is 1. The highest BCUT2D eigenvalue weighted by Crippen LogP contribution is 2.64. The third kappa shape index (κ3) is 5.40. The molecule has 6 atom stereocenters. The Morgan fingerprint density at radius 2 is 1.71 bits per heavy atom. The zero-order valence-electron chi connectivity index (χ0n) is 26.8. The number of nitrogens with zero attached hydrogens (tertiary/aromatic N) is 3. The van der Waals surface area contributed by atoms with Gasteiger partial charge in [0.25, 0.3) is 11.8 Å². The number of hydrogen-bond donors (Lipinski definition) is 3. The predicted molar refractivity (Wildman–Crippen MR) is 177 cm³/mol. The summed E-state index contributed by atoms with van der Waals surface area (Å²) >= 11 is 12.5. The number of rotatable bonds is 7. The van der Waals surface area contributed by atoms with Gasteiger partial charge in [-0.1, -0.05) is 59.1 Å². The number of ether oxygens (including phenoxy) is 1. The number of carbonyl (C=O) groups excluding carboxylic acids is 5. The van der Waals surface area contributed by atoms with Crippen molar-refractivity contribution in [2.24, 2.45) is 29.4 Å². The van der Waals surface area contributed by atoms with Crippen molar-refractivity contribution in [1.29, 1.82) is 0 Å². The number of hydrazine groups is 1. The number of nitrogens with one attached hydrogen (secondary N) is 1. The Balaban J connectivity index is 1.42. The van der Waals surface area contributed by atoms with Gasteiger partial charge in [-0.15, -0.1) is 0 Å². The molecule has 2 saturated heterocycles. The molecule has 270 valence electrons. The molecule has 1 saturated carbocycles. The van der Waals surface area contributed by atoms with E-state index in [9.17, 15) is 37.5 Å². The van der Waals surface area contributed by atoms with Gasteiger partial charge in [0.2, 0.25) is 11.8 Å². The standard InChI is InChI=1S/C35H28Cl2F3N5O7/c36-19-5-3-17(4-6-19)34-24(30(48)45(32(34)50)43-28-25(37)13-18(15-42-28)35(38,39)40)14-23-21(27(34)16-1-7-20(8-2-16)52-12-11-46)9-10-22-26(23)31(49)44(29(22)47)33(41)51/h1-9,13,15,22-24,26-27,46H,10-12,14H2,(H2,41,51)(H,42,43). The highest BCUT2D eigenvalue weighted by Gasteiger charge is 2.70. The van der Waals surface area contributed by atoms with Crippen LogP contribution in [0.1, 0.15) is 35.4 Å². The molecule has 7 rings (SSSR count). The summed E-state index contributed by atoms with van der Waals surface area (Å²) in [5, 5.41) is 9.75. The lowest BCUT2D eigenvalue weighted by Gasteiger charge is -2.50. The highest BCUT2D eigenvalue weighted by molar-refractivity contribution is 6.33. The molecule has 3 aromatic rings. The summed E-state index contributed by atoms with van der Waals surface area (Å²) < 4.78 is 45.8. The van der Waals surface area contributed by atoms with Crippen LogP contribution in [0.15, 0.2) is 72.4 Å². The van der Waals surface area contributed by atoms with Gasteiger partial charge in [-0.2, -0.15) is 23.1 Å². The van der Waals surface area contributed by atoms with Crippen molar-refractivity contribution in [3.63, 3.8) is 0 Å². The number of fused-ring (bicyclic) bond motifs is 4. The van der Waals surface area contributed by atoms with Crippen molar-refractivity contribution in [3.8, 4) is 5.75 Å². The van der Waals surface area contributed by atoms with Crippen LogP contribution in [0, 0.1) is 23.7 Å². The number of urea groups is 1. The number of aliphatic hydroxyl groups is 1. The Bertz CT molecular complexity index is 2050. The van der Waals surface area contributed by atoms with E-state index >= 15 is 4.79 Å². The molecular weight excluding hydrogens is 730 g/mol. The minimum atomic E-state index is -4.76. The molecule has 0 bridgehead atoms. The van der Waals surface area contributed by atoms with Gasteiger partial charge in [0.05, 0.1) is 40.4 Å². The quantitative estimate of drug-likeness (QED) is 0.225. The molecule has 17 heteroatoms. The number of pyridine rings is 1. The molecule has 3 fully saturated rings. The Morgan fingerprint density at radius 1 is 1.02 bits per heavy atom. The lowest BCUT2D eigenvalue weighted by Crippen LogP contribution is -2.53. The minimum Gasteiger partial charge on any atom is -0.491 e. The normalized spacial score (nSPS) is 26.9. The molecule has 4 aliphatic rings. The molecule has 52 heavy (non-hydrogen) atoms. The van der Waals surface area contributed by atoms with E-state index in [0.29, 0.717) is 49.6 Å². The fourth-order valence-corrected chi connectivity index (χ4v) is 8.63. The topological polar surface area (TPSA) is 172 Å². The van der Waals surface area contributed by atoms with Crippen molar-refractivity contribution >= 4 is 58.7 Å². The van der Waals surface area contributed by atoms with Gasteiger partial charge in [0, 0.05) is 17.1 Å². The van der Waals surface area contributed by atoms with Crippen LogP contribution < -0.4 is 15.9 Å². The summed E-state index contributed by atoms with van der Waals surface area (Å²) in [4.78, 5) is 73.2. The summed E-state index contributed by atoms with van der Waals surface area (Å²) in [6.45, 7) is -0.230. The van der Waals surface area contributed by atoms with Crippen LogP contribution in [0.4, 0.5) is 23.8 Å². The van der Waals surface area contributed by atoms with E-state index in [0.717, 1.165) is 0 Å². The number of alkyl halides is 3. The maximum atomic E-state index is 15.1. The number of amides is 6. The number of benzene rings is 2. The van der Waals surface area contributed by atoms with Gasteiger partial charge in [-0.3, -0.25) is 24.6 Å². The summed E-state index contributed by atoms with van der Waals surface area (Å²) in [7, 11) is 0. The highest BCUT2D eigenvalue weighted by atomic mass is 35.5. The van der Waals surface area contributed by atoms with Crippen LogP contribution in [-0.2, 0) is 30.8 Å². The van der Waals surface area contributed by atoms with Crippen LogP contribution in [0.25, 0.3) is 0 Å². The van der Waals surface area contributed by atoms with Gasteiger partial charge in [-0.05, 0) is 60.2 Å². The SMILES string of the molecule is NC(=O)N1C(=O)C2CC=C3C(CC4C(=O)N(Nc5ncc(C(F)(F)F)cc5Cl)C(=O)C4(c4ccc(Cl)cc4)C3c3ccc(OCCO)cc3)C2C1=O. The number of imide groups is 4. The van der Waals surface area contributed by atoms with E-state index in [1.807, 2.05) is 0 Å². The van der Waals surface area contributed by atoms with E-state index in [1.165, 1.54) is 0 Å². The fourth-order valence-electron chi connectivity index (χ4n) is 8.29. The van der Waals surface area contributed by atoms with E-state index < -0.39 is 87.2 Å². The second kappa shape index (κ2) is 12.9. The average molecular weight is 759 g/mol. The number of halogens is 5. The molecule has 0 radical (unpaired) electrons. The Hall–Kier alpha value is -4.99. The Kier molecular flexibility index (Phi) is 8.78. The largest absolute Gasteiger partial charge is 0.491 e. The average Bonchev–Trinajstić information content (AvgIpc) is 3.49. The number of likely N-dealkylation sites (tertiary alicyclic amines) is 1. The Labute approximate surface area is 303 Å². The van der Waals surface area contributed by atoms with E-state index in [4.69, 9.17) is 33.7 Å². The summed E-state index contributed by atoms with van der Waals surface area (Å²) in [5.74, 6) is -8.19. The lowest BCUT2D eigenvalue weighted by atomic mass is 9.49. The summed E-state index contributed by atoms with van der Waals surface area (Å²) in [5.41, 5.74) is 6.56. The summed E-state index contributed by atoms with van der Waals surface area (Å²) in [6, 6.07) is 12.3. The van der Waals surface area contributed by atoms with E-state index in [2.05, 4.69) is 10.4 Å². The van der Waals surface area contributed by atoms with Gasteiger partial charge < -0.3 is 15.6 Å². The predicted octanol–water partition coefficient (Wildman–Crippen LogP) is 4.84. The first kappa shape index (κ1) is 35.4. The maximum Gasteiger partial charge on any atom is 0.417 e. The van der Waals surface area contributed by atoms with Crippen molar-refractivity contribution in [3.05, 3.63) is 99.2 Å². The number of aromatic nitrogens is 1. The zero-order valence-corrected chi connectivity index (χ0v) is 28.3. The van der Waals surface area contributed by atoms with Crippen LogP contribution >= 0.6 is 23.2 Å². The van der Waals surface area contributed by atoms with Crippen LogP contribution in [0.5, 0.6) is 5.75 Å². The van der Waals surface area contributed by atoms with Crippen molar-refractivity contribution in [1.82, 2.24) is 14.9 Å². The molecule has 2 aliphatic carbocycles. The van der Waals surface area contributed by atoms with Crippen molar-refractivity contribution < 1.29 is 47.0 Å². The number of hydrogen-bond acceptors (Lipinski definition) is 9. The second-order valence-corrected chi connectivity index (χ2v) is 13.8. The monoisotopic (exact) mass is 757 g/mol. The van der Waals surface area contributed by atoms with Gasteiger partial charge in [-0.25, -0.2) is 9.78 Å². The first-order valence-electron chi connectivity index (χ1n) is 16.0. The van der Waals surface area contributed by atoms with Crippen molar-refractivity contribution in [2.75, 3.05) is 18.6 Å². The van der Waals surface area contributed by atoms with Gasteiger partial charge >= 0.3 is 12.2 Å². The number of primary amides is 1. The molecule has 1 aromatic heterocycles. The van der Waals surface area contributed by atoms with Gasteiger partial charge in [0.15, 0.2) is 5.82 Å². The fraction of sp³-hybridized carbons (Fsp3) is 0.314. The summed E-state index contributed by atoms with van der Waals surface area (Å²) in [6.07, 6.45) is -2.59. The second-order valence-electron chi connectivity index (χ2n) is 12.9. The third-order valence-corrected chi connectivity index (χ3v) is 10.9. The molecule has 3 heterocycles. The number of allylic oxidation sites excluding steroid dienone is 2. The molecule has 2 aromatic carbocycles. The van der Waals surface area contributed by atoms with E-state index in [1.54, 1.807) is 54.6 Å². The molecule has 12 nitrogen and oxygen atoms in total. The molecule has 6 unspecified atom stereocenters. The molecule has 2 aliphatic heterocycles. The van der Waals surface area contributed by atoms with Crippen LogP contribution in [0.2, 0.25) is 10.0 Å². The van der Waals surface area contributed by atoms with E-state index in [-0.39, 0.29) is 26.1 Å². The third-order valence-electron chi connectivity index (χ3n) is 10.4. The smallest absolute Gasteiger partial charge is 0.417 e. The lowest BCUT2D eigenvalue weighted by molar-refractivity contribution is -0.140. The maximum absolute atomic E-state index is 15.1. The van der Waals surface area contributed by atoms with Crippen LogP contribution in [-0.4, -0.2) is 62.9 Å². The van der Waals surface area contributed by atoms with Gasteiger partial charge in [0.1, 0.15) is 12.4 Å². The minimum absolute atomic E-state index is 0.0104. The Morgan fingerprint density at radius 3 is 2.33 bits per heavy atom. The molecular formula is C35H28Cl2F3N5O7. The number of anilines is 1. The van der Waals surface area contributed by atoms with Crippen LogP contribution in [0.3, 0.4) is 0 Å². The zero-order chi connectivity index (χ0) is 37.3. The number of nitrogens with two attached hydrogens (primary N) is 1. The number of carbonyl (C=O) groups is 5. The molecule has 6 amide bonds. The van der Waals surface area contributed by atoms with Crippen molar-refractivity contribution in [2.45, 2.75) is 30.4 Å². The first-order valence-corrected chi connectivity index (χ1v) is 16.8.